The van der Waals surface area contributed by atoms with Gasteiger partial charge in [-0.1, -0.05) is 30.3 Å². The molecule has 26 heavy (non-hydrogen) atoms. The molecule has 2 atom stereocenters. The summed E-state index contributed by atoms with van der Waals surface area (Å²) >= 11 is 0. The normalized spacial score (nSPS) is 22.4. The van der Waals surface area contributed by atoms with Crippen LogP contribution in [-0.4, -0.2) is 56.7 Å². The van der Waals surface area contributed by atoms with Gasteiger partial charge < -0.3 is 20.3 Å². The molecule has 1 aromatic rings. The molecule has 0 amide bonds. The second-order valence-corrected chi connectivity index (χ2v) is 7.54. The van der Waals surface area contributed by atoms with E-state index < -0.39 is 0 Å². The number of benzene rings is 1. The zero-order chi connectivity index (χ0) is 18.2. The van der Waals surface area contributed by atoms with Gasteiger partial charge in [-0.05, 0) is 50.6 Å². The van der Waals surface area contributed by atoms with Crippen molar-refractivity contribution in [2.24, 2.45) is 10.9 Å². The van der Waals surface area contributed by atoms with Crippen LogP contribution in [0.2, 0.25) is 0 Å². The molecule has 0 aromatic heterocycles. The maximum absolute atomic E-state index is 5.92. The van der Waals surface area contributed by atoms with Gasteiger partial charge in [0.05, 0.1) is 6.10 Å². The van der Waals surface area contributed by atoms with Gasteiger partial charge in [-0.2, -0.15) is 0 Å². The van der Waals surface area contributed by atoms with E-state index in [0.717, 1.165) is 44.0 Å². The van der Waals surface area contributed by atoms with Gasteiger partial charge in [0, 0.05) is 39.3 Å². The van der Waals surface area contributed by atoms with Crippen molar-refractivity contribution in [3.05, 3.63) is 35.9 Å². The first-order valence-electron chi connectivity index (χ1n) is 10.1. The van der Waals surface area contributed by atoms with E-state index in [1.807, 2.05) is 13.1 Å². The summed E-state index contributed by atoms with van der Waals surface area (Å²) in [6.45, 7) is 7.28. The van der Waals surface area contributed by atoms with Gasteiger partial charge in [0.2, 0.25) is 0 Å². The van der Waals surface area contributed by atoms with Crippen molar-refractivity contribution >= 4 is 5.96 Å². The van der Waals surface area contributed by atoms with Crippen molar-refractivity contribution in [1.29, 1.82) is 0 Å². The summed E-state index contributed by atoms with van der Waals surface area (Å²) in [6, 6.07) is 11.3. The molecule has 1 heterocycles. The van der Waals surface area contributed by atoms with Crippen LogP contribution in [0.15, 0.2) is 35.3 Å². The predicted molar refractivity (Wildman–Crippen MR) is 107 cm³/mol. The SMILES string of the molecule is CN=C(NCCCOC(C)c1ccccc1)NCC1CCN(C2CC2)C1. The molecule has 144 valence electrons. The summed E-state index contributed by atoms with van der Waals surface area (Å²) in [5, 5.41) is 6.89. The molecule has 1 saturated heterocycles. The van der Waals surface area contributed by atoms with Crippen LogP contribution in [0.4, 0.5) is 0 Å². The first kappa shape index (κ1) is 19.2. The van der Waals surface area contributed by atoms with Gasteiger partial charge in [0.15, 0.2) is 5.96 Å². The summed E-state index contributed by atoms with van der Waals surface area (Å²) in [5.74, 6) is 1.66. The Morgan fingerprint density at radius 2 is 2.04 bits per heavy atom. The van der Waals surface area contributed by atoms with Gasteiger partial charge in [-0.25, -0.2) is 0 Å². The number of ether oxygens (including phenoxy) is 1. The number of aliphatic imine (C=N–C) groups is 1. The van der Waals surface area contributed by atoms with Crippen molar-refractivity contribution in [2.45, 2.75) is 44.8 Å². The third-order valence-corrected chi connectivity index (χ3v) is 5.41. The molecule has 2 N–H and O–H groups in total. The molecule has 2 aliphatic rings. The van der Waals surface area contributed by atoms with Crippen molar-refractivity contribution in [2.75, 3.05) is 39.8 Å². The molecule has 5 nitrogen and oxygen atoms in total. The van der Waals surface area contributed by atoms with Crippen molar-refractivity contribution in [3.8, 4) is 0 Å². The molecule has 5 heteroatoms. The van der Waals surface area contributed by atoms with E-state index in [9.17, 15) is 0 Å². The number of hydrogen-bond acceptors (Lipinski definition) is 3. The molecule has 1 aliphatic heterocycles. The Morgan fingerprint density at radius 3 is 2.77 bits per heavy atom. The van der Waals surface area contributed by atoms with Gasteiger partial charge >= 0.3 is 0 Å². The van der Waals surface area contributed by atoms with Crippen molar-refractivity contribution < 1.29 is 4.74 Å². The van der Waals surface area contributed by atoms with Crippen LogP contribution in [0.1, 0.15) is 44.3 Å². The number of guanidine groups is 1. The van der Waals surface area contributed by atoms with Crippen LogP contribution < -0.4 is 10.6 Å². The van der Waals surface area contributed by atoms with Gasteiger partial charge in [-0.15, -0.1) is 0 Å². The molecule has 0 spiro atoms. The molecule has 1 aliphatic carbocycles. The number of hydrogen-bond donors (Lipinski definition) is 2. The first-order valence-corrected chi connectivity index (χ1v) is 10.1. The minimum absolute atomic E-state index is 0.144. The molecule has 2 fully saturated rings. The van der Waals surface area contributed by atoms with Crippen LogP contribution in [0.25, 0.3) is 0 Å². The lowest BCUT2D eigenvalue weighted by molar-refractivity contribution is 0.0646. The minimum Gasteiger partial charge on any atom is -0.374 e. The van der Waals surface area contributed by atoms with Crippen LogP contribution in [-0.2, 0) is 4.74 Å². The molecule has 1 aromatic carbocycles. The lowest BCUT2D eigenvalue weighted by Gasteiger charge is -2.17. The topological polar surface area (TPSA) is 48.9 Å². The summed E-state index contributed by atoms with van der Waals surface area (Å²) in [5.41, 5.74) is 1.23. The quantitative estimate of drug-likeness (QED) is 0.405. The highest BCUT2D eigenvalue weighted by Gasteiger charge is 2.34. The maximum atomic E-state index is 5.92. The van der Waals surface area contributed by atoms with Crippen LogP contribution >= 0.6 is 0 Å². The molecule has 1 saturated carbocycles. The van der Waals surface area contributed by atoms with E-state index >= 15 is 0 Å². The zero-order valence-electron chi connectivity index (χ0n) is 16.3. The molecule has 0 bridgehead atoms. The minimum atomic E-state index is 0.144. The van der Waals surface area contributed by atoms with Gasteiger partial charge in [0.1, 0.15) is 0 Å². The molecular formula is C21H34N4O. The molecule has 0 radical (unpaired) electrons. The van der Waals surface area contributed by atoms with E-state index in [2.05, 4.69) is 51.7 Å². The zero-order valence-corrected chi connectivity index (χ0v) is 16.3. The number of rotatable bonds is 9. The smallest absolute Gasteiger partial charge is 0.190 e. The highest BCUT2D eigenvalue weighted by atomic mass is 16.5. The average molecular weight is 359 g/mol. The summed E-state index contributed by atoms with van der Waals surface area (Å²) < 4.78 is 5.92. The summed E-state index contributed by atoms with van der Waals surface area (Å²) in [4.78, 5) is 7.00. The lowest BCUT2D eigenvalue weighted by atomic mass is 10.1. The predicted octanol–water partition coefficient (Wildman–Crippen LogP) is 2.80. The Labute approximate surface area is 158 Å². The Bertz CT molecular complexity index is 558. The molecule has 3 rings (SSSR count). The van der Waals surface area contributed by atoms with E-state index in [1.165, 1.54) is 37.9 Å². The third kappa shape index (κ3) is 5.99. The van der Waals surface area contributed by atoms with Crippen LogP contribution in [0.5, 0.6) is 0 Å². The Kier molecular flexibility index (Phi) is 7.32. The Morgan fingerprint density at radius 1 is 1.23 bits per heavy atom. The second kappa shape index (κ2) is 9.93. The van der Waals surface area contributed by atoms with Crippen molar-refractivity contribution in [1.82, 2.24) is 15.5 Å². The fourth-order valence-electron chi connectivity index (χ4n) is 3.62. The first-order chi connectivity index (χ1) is 12.8. The Hall–Kier alpha value is -1.59. The fourth-order valence-corrected chi connectivity index (χ4v) is 3.62. The van der Waals surface area contributed by atoms with Crippen molar-refractivity contribution in [3.63, 3.8) is 0 Å². The standard InChI is InChI=1S/C21H34N4O/c1-17(19-7-4-3-5-8-19)26-14-6-12-23-21(22-2)24-15-18-11-13-25(16-18)20-9-10-20/h3-5,7-8,17-18,20H,6,9-16H2,1-2H3,(H2,22,23,24). The lowest BCUT2D eigenvalue weighted by Crippen LogP contribution is -2.40. The third-order valence-electron chi connectivity index (χ3n) is 5.41. The van der Waals surface area contributed by atoms with E-state index in [0.29, 0.717) is 0 Å². The van der Waals surface area contributed by atoms with E-state index in [4.69, 9.17) is 4.74 Å². The highest BCUT2D eigenvalue weighted by molar-refractivity contribution is 5.79. The van der Waals surface area contributed by atoms with Crippen LogP contribution in [0.3, 0.4) is 0 Å². The summed E-state index contributed by atoms with van der Waals surface area (Å²) in [7, 11) is 1.84. The molecular weight excluding hydrogens is 324 g/mol. The number of nitrogens with zero attached hydrogens (tertiary/aromatic N) is 2. The Balaban J connectivity index is 1.25. The van der Waals surface area contributed by atoms with Crippen LogP contribution in [0, 0.1) is 5.92 Å². The van der Waals surface area contributed by atoms with Gasteiger partial charge in [-0.3, -0.25) is 4.99 Å². The number of nitrogens with one attached hydrogen (secondary N) is 2. The van der Waals surface area contributed by atoms with E-state index in [1.54, 1.807) is 0 Å². The maximum Gasteiger partial charge on any atom is 0.190 e. The largest absolute Gasteiger partial charge is 0.374 e. The highest BCUT2D eigenvalue weighted by Crippen LogP contribution is 2.31. The monoisotopic (exact) mass is 358 g/mol. The summed E-state index contributed by atoms with van der Waals surface area (Å²) in [6.07, 6.45) is 5.25. The van der Waals surface area contributed by atoms with E-state index in [-0.39, 0.29) is 6.10 Å². The average Bonchev–Trinajstić information content (AvgIpc) is 3.43. The fraction of sp³-hybridized carbons (Fsp3) is 0.667. The number of likely N-dealkylation sites (tertiary alicyclic amines) is 1. The second-order valence-electron chi connectivity index (χ2n) is 7.54. The van der Waals surface area contributed by atoms with Gasteiger partial charge in [0.25, 0.3) is 0 Å². The molecule has 2 unspecified atom stereocenters.